The molecule has 0 saturated heterocycles. The van der Waals surface area contributed by atoms with E-state index in [1.807, 2.05) is 6.92 Å². The maximum atomic E-state index is 12.0. The zero-order chi connectivity index (χ0) is 15.3. The number of aliphatic hydroxyl groups excluding tert-OH is 1. The van der Waals surface area contributed by atoms with Gasteiger partial charge in [0.2, 0.25) is 0 Å². The molecule has 1 aliphatic rings. The van der Waals surface area contributed by atoms with Crippen LogP contribution < -0.4 is 0 Å². The van der Waals surface area contributed by atoms with Crippen LogP contribution in [0.5, 0.6) is 0 Å². The third kappa shape index (κ3) is 2.75. The largest absolute Gasteiger partial charge is 0.468 e. The lowest BCUT2D eigenvalue weighted by Gasteiger charge is -2.23. The van der Waals surface area contributed by atoms with Crippen molar-refractivity contribution in [1.29, 1.82) is 0 Å². The second-order valence-electron chi connectivity index (χ2n) is 4.83. The highest BCUT2D eigenvalue weighted by atomic mass is 16.5. The molecule has 0 heterocycles. The highest BCUT2D eigenvalue weighted by Crippen LogP contribution is 2.45. The monoisotopic (exact) mass is 284 g/mol. The van der Waals surface area contributed by atoms with Gasteiger partial charge >= 0.3 is 11.9 Å². The van der Waals surface area contributed by atoms with Crippen molar-refractivity contribution in [3.8, 4) is 0 Å². The summed E-state index contributed by atoms with van der Waals surface area (Å²) in [4.78, 5) is 35.8. The van der Waals surface area contributed by atoms with Gasteiger partial charge in [0.1, 0.15) is 6.61 Å². The fraction of sp³-hybridized carbons (Fsp3) is 0.643. The average Bonchev–Trinajstić information content (AvgIpc) is 2.85. The quantitative estimate of drug-likeness (QED) is 0.572. The van der Waals surface area contributed by atoms with Crippen LogP contribution >= 0.6 is 0 Å². The number of hydrogen-bond acceptors (Lipinski definition) is 6. The maximum absolute atomic E-state index is 12.0. The van der Waals surface area contributed by atoms with Gasteiger partial charge in [0.25, 0.3) is 0 Å². The van der Waals surface area contributed by atoms with E-state index in [2.05, 4.69) is 0 Å². The summed E-state index contributed by atoms with van der Waals surface area (Å²) in [7, 11) is 2.39. The Morgan fingerprint density at radius 3 is 2.10 bits per heavy atom. The Bertz CT molecular complexity index is 433. The lowest BCUT2D eigenvalue weighted by Crippen LogP contribution is -2.39. The number of carbonyl (C=O) groups is 3. The molecule has 0 aliphatic heterocycles. The Morgan fingerprint density at radius 2 is 1.70 bits per heavy atom. The van der Waals surface area contributed by atoms with Crippen LogP contribution in [0.4, 0.5) is 0 Å². The van der Waals surface area contributed by atoms with Crippen LogP contribution in [-0.4, -0.2) is 43.7 Å². The molecule has 0 aromatic carbocycles. The number of rotatable bonds is 6. The molecule has 0 fully saturated rings. The molecule has 0 saturated carbocycles. The van der Waals surface area contributed by atoms with Gasteiger partial charge in [-0.25, -0.2) is 0 Å². The number of hydrogen-bond donors (Lipinski definition) is 1. The van der Waals surface area contributed by atoms with Gasteiger partial charge in [-0.2, -0.15) is 0 Å². The summed E-state index contributed by atoms with van der Waals surface area (Å²) in [6, 6.07) is 0. The first-order valence-corrected chi connectivity index (χ1v) is 6.48. The van der Waals surface area contributed by atoms with Gasteiger partial charge in [-0.1, -0.05) is 18.9 Å². The van der Waals surface area contributed by atoms with E-state index in [9.17, 15) is 14.4 Å². The first kappa shape index (κ1) is 16.4. The maximum Gasteiger partial charge on any atom is 0.323 e. The van der Waals surface area contributed by atoms with E-state index < -0.39 is 29.7 Å². The van der Waals surface area contributed by atoms with E-state index in [0.717, 1.165) is 12.0 Å². The van der Waals surface area contributed by atoms with Crippen LogP contribution in [0.2, 0.25) is 0 Å². The van der Waals surface area contributed by atoms with Crippen molar-refractivity contribution in [1.82, 2.24) is 0 Å². The number of Topliss-reactive ketones (excluding diaryl/α,β-unsaturated/α-hetero) is 1. The number of ether oxygens (including phenoxy) is 2. The first-order chi connectivity index (χ1) is 9.46. The van der Waals surface area contributed by atoms with Gasteiger partial charge < -0.3 is 14.6 Å². The summed E-state index contributed by atoms with van der Waals surface area (Å²) in [5, 5.41) is 9.03. The second-order valence-corrected chi connectivity index (χ2v) is 4.83. The molecule has 0 bridgehead atoms. The molecular formula is C14H20O6. The fourth-order valence-electron chi connectivity index (χ4n) is 2.66. The highest BCUT2D eigenvalue weighted by Gasteiger charge is 2.54. The minimum atomic E-state index is -1.49. The van der Waals surface area contributed by atoms with E-state index in [1.54, 1.807) is 0 Å². The lowest BCUT2D eigenvalue weighted by molar-refractivity contribution is -0.168. The summed E-state index contributed by atoms with van der Waals surface area (Å²) in [6.07, 6.45) is 1.41. The van der Waals surface area contributed by atoms with E-state index in [0.29, 0.717) is 12.0 Å². The molecule has 6 nitrogen and oxygen atoms in total. The normalized spacial score (nSPS) is 17.0. The van der Waals surface area contributed by atoms with Gasteiger partial charge in [0.05, 0.1) is 14.2 Å². The first-order valence-electron chi connectivity index (χ1n) is 6.48. The molecule has 20 heavy (non-hydrogen) atoms. The number of allylic oxidation sites excluding steroid dienone is 1. The lowest BCUT2D eigenvalue weighted by atomic mass is 9.83. The fourth-order valence-corrected chi connectivity index (χ4v) is 2.66. The minimum Gasteiger partial charge on any atom is -0.468 e. The molecule has 0 atom stereocenters. The van der Waals surface area contributed by atoms with Crippen molar-refractivity contribution in [3.05, 3.63) is 11.1 Å². The predicted molar refractivity (Wildman–Crippen MR) is 69.7 cm³/mol. The van der Waals surface area contributed by atoms with Gasteiger partial charge in [0.15, 0.2) is 11.2 Å². The van der Waals surface area contributed by atoms with Crippen molar-refractivity contribution in [2.24, 2.45) is 5.41 Å². The third-order valence-electron chi connectivity index (χ3n) is 3.60. The minimum absolute atomic E-state index is 0.0684. The van der Waals surface area contributed by atoms with Gasteiger partial charge in [-0.15, -0.1) is 0 Å². The summed E-state index contributed by atoms with van der Waals surface area (Å²) < 4.78 is 9.42. The molecule has 6 heteroatoms. The van der Waals surface area contributed by atoms with Crippen molar-refractivity contribution in [2.75, 3.05) is 20.8 Å². The third-order valence-corrected chi connectivity index (χ3v) is 3.60. The molecule has 1 N–H and O–H groups in total. The van der Waals surface area contributed by atoms with Crippen LogP contribution in [0.25, 0.3) is 0 Å². The highest BCUT2D eigenvalue weighted by molar-refractivity contribution is 6.06. The summed E-state index contributed by atoms with van der Waals surface area (Å²) >= 11 is 0. The van der Waals surface area contributed by atoms with Crippen molar-refractivity contribution < 1.29 is 29.0 Å². The van der Waals surface area contributed by atoms with Crippen LogP contribution in [0.1, 0.15) is 32.6 Å². The molecule has 1 rings (SSSR count). The van der Waals surface area contributed by atoms with Crippen molar-refractivity contribution >= 4 is 17.7 Å². The van der Waals surface area contributed by atoms with Gasteiger partial charge in [0, 0.05) is 6.42 Å². The molecular weight excluding hydrogens is 264 g/mol. The van der Waals surface area contributed by atoms with Crippen LogP contribution in [0.3, 0.4) is 0 Å². The standard InChI is InChI=1S/C14H20O6/c1-4-5-9-6-14(12(17)19-2,13(18)20-3)7-10(9)11(16)8-15/h15H,4-8H2,1-3H3. The summed E-state index contributed by atoms with van der Waals surface area (Å²) in [5.74, 6) is -1.87. The zero-order valence-corrected chi connectivity index (χ0v) is 12.0. The topological polar surface area (TPSA) is 89.9 Å². The van der Waals surface area contributed by atoms with Crippen molar-refractivity contribution in [2.45, 2.75) is 32.6 Å². The molecule has 1 aliphatic carbocycles. The molecule has 0 aromatic rings. The Morgan fingerprint density at radius 1 is 1.15 bits per heavy atom. The Kier molecular flexibility index (Phi) is 5.44. The van der Waals surface area contributed by atoms with Crippen LogP contribution in [-0.2, 0) is 23.9 Å². The average molecular weight is 284 g/mol. The van der Waals surface area contributed by atoms with Gasteiger partial charge in [-0.3, -0.25) is 14.4 Å². The van der Waals surface area contributed by atoms with Crippen LogP contribution in [0, 0.1) is 5.41 Å². The second kappa shape index (κ2) is 6.65. The van der Waals surface area contributed by atoms with Crippen molar-refractivity contribution in [3.63, 3.8) is 0 Å². The van der Waals surface area contributed by atoms with E-state index in [1.165, 1.54) is 14.2 Å². The number of methoxy groups -OCH3 is 2. The Hall–Kier alpha value is -1.69. The SMILES string of the molecule is CCCC1=C(C(=O)CO)CC(C(=O)OC)(C(=O)OC)C1. The summed E-state index contributed by atoms with van der Waals surface area (Å²) in [5.41, 5.74) is -0.416. The Balaban J connectivity index is 3.20. The molecule has 112 valence electrons. The van der Waals surface area contributed by atoms with Gasteiger partial charge in [-0.05, 0) is 18.4 Å². The number of esters is 2. The number of ketones is 1. The molecule has 0 radical (unpaired) electrons. The molecule has 0 spiro atoms. The van der Waals surface area contributed by atoms with E-state index >= 15 is 0 Å². The Labute approximate surface area is 117 Å². The zero-order valence-electron chi connectivity index (χ0n) is 12.0. The predicted octanol–water partition coefficient (Wildman–Crippen LogP) is 0.771. The van der Waals surface area contributed by atoms with E-state index in [-0.39, 0.29) is 12.8 Å². The molecule has 0 unspecified atom stereocenters. The van der Waals surface area contributed by atoms with Crippen LogP contribution in [0.15, 0.2) is 11.1 Å². The molecule has 0 aromatic heterocycles. The van der Waals surface area contributed by atoms with E-state index in [4.69, 9.17) is 14.6 Å². The summed E-state index contributed by atoms with van der Waals surface area (Å²) in [6.45, 7) is 1.30. The number of carbonyl (C=O) groups excluding carboxylic acids is 3. The smallest absolute Gasteiger partial charge is 0.323 e. The number of aliphatic hydroxyl groups is 1. The molecule has 0 amide bonds.